The summed E-state index contributed by atoms with van der Waals surface area (Å²) in [6.45, 7) is 2.62. The monoisotopic (exact) mass is 429 g/mol. The van der Waals surface area contributed by atoms with E-state index in [0.717, 1.165) is 11.3 Å². The quantitative estimate of drug-likeness (QED) is 0.730. The van der Waals surface area contributed by atoms with Gasteiger partial charge in [-0.05, 0) is 39.2 Å². The predicted molar refractivity (Wildman–Crippen MR) is 114 cm³/mol. The Morgan fingerprint density at radius 3 is 2.68 bits per heavy atom. The molecule has 0 bridgehead atoms. The van der Waals surface area contributed by atoms with Crippen LogP contribution in [0.4, 0.5) is 4.39 Å². The number of nitrogens with zero attached hydrogens (tertiary/aromatic N) is 2. The molecule has 1 heterocycles. The average molecular weight is 429 g/mol. The number of halogens is 1. The van der Waals surface area contributed by atoms with Crippen molar-refractivity contribution < 1.29 is 23.5 Å². The second kappa shape index (κ2) is 10.3. The lowest BCUT2D eigenvalue weighted by atomic mass is 10.1. The smallest absolute Gasteiger partial charge is 0.258 e. The summed E-state index contributed by atoms with van der Waals surface area (Å²) in [7, 11) is 3.87. The van der Waals surface area contributed by atoms with Gasteiger partial charge in [0.05, 0.1) is 6.04 Å². The molecular weight excluding hydrogens is 401 g/mol. The second-order valence-electron chi connectivity index (χ2n) is 7.81. The molecule has 2 aromatic carbocycles. The molecule has 1 N–H and O–H groups in total. The molecule has 166 valence electrons. The molecule has 31 heavy (non-hydrogen) atoms. The summed E-state index contributed by atoms with van der Waals surface area (Å²) in [5, 5.41) is 2.65. The van der Waals surface area contributed by atoms with Crippen molar-refractivity contribution in [3.05, 3.63) is 59.9 Å². The molecule has 1 aliphatic heterocycles. The Balaban J connectivity index is 1.66. The Kier molecular flexibility index (Phi) is 7.46. The van der Waals surface area contributed by atoms with Gasteiger partial charge in [0.25, 0.3) is 5.91 Å². The number of likely N-dealkylation sites (N-methyl/N-ethyl adjacent to an activating group) is 1. The van der Waals surface area contributed by atoms with E-state index in [1.807, 2.05) is 43.3 Å². The first-order chi connectivity index (χ1) is 14.8. The molecule has 7 nitrogen and oxygen atoms in total. The van der Waals surface area contributed by atoms with Crippen LogP contribution in [-0.4, -0.2) is 67.6 Å². The summed E-state index contributed by atoms with van der Waals surface area (Å²) in [6, 6.07) is 12.5. The number of carbonyl (C=O) groups is 2. The van der Waals surface area contributed by atoms with Gasteiger partial charge in [0.15, 0.2) is 18.2 Å². The van der Waals surface area contributed by atoms with Crippen LogP contribution in [0, 0.1) is 5.82 Å². The summed E-state index contributed by atoms with van der Waals surface area (Å²) in [5.41, 5.74) is 0.915. The molecule has 0 radical (unpaired) electrons. The van der Waals surface area contributed by atoms with Crippen molar-refractivity contribution >= 4 is 11.8 Å². The van der Waals surface area contributed by atoms with Gasteiger partial charge >= 0.3 is 0 Å². The van der Waals surface area contributed by atoms with Gasteiger partial charge in [-0.1, -0.05) is 30.3 Å². The number of fused-ring (bicyclic) bond motifs is 1. The van der Waals surface area contributed by atoms with Gasteiger partial charge in [-0.2, -0.15) is 0 Å². The van der Waals surface area contributed by atoms with Gasteiger partial charge in [0, 0.05) is 18.7 Å². The first-order valence-electron chi connectivity index (χ1n) is 10.2. The van der Waals surface area contributed by atoms with Crippen LogP contribution in [0.15, 0.2) is 48.5 Å². The van der Waals surface area contributed by atoms with E-state index in [1.165, 1.54) is 18.2 Å². The topological polar surface area (TPSA) is 71.1 Å². The van der Waals surface area contributed by atoms with Gasteiger partial charge in [0.2, 0.25) is 5.91 Å². The van der Waals surface area contributed by atoms with Gasteiger partial charge in [-0.15, -0.1) is 0 Å². The fraction of sp³-hybridized carbons (Fsp3) is 0.391. The van der Waals surface area contributed by atoms with Crippen LogP contribution in [0.3, 0.4) is 0 Å². The molecule has 1 aliphatic rings. The maximum Gasteiger partial charge on any atom is 0.258 e. The Labute approximate surface area is 181 Å². The van der Waals surface area contributed by atoms with Crippen molar-refractivity contribution in [1.29, 1.82) is 0 Å². The normalized spacial score (nSPS) is 16.7. The minimum atomic E-state index is -0.772. The fourth-order valence-corrected chi connectivity index (χ4v) is 3.49. The van der Waals surface area contributed by atoms with Crippen LogP contribution < -0.4 is 14.8 Å². The van der Waals surface area contributed by atoms with E-state index in [-0.39, 0.29) is 24.3 Å². The molecule has 2 atom stereocenters. The highest BCUT2D eigenvalue weighted by atomic mass is 19.1. The van der Waals surface area contributed by atoms with Crippen molar-refractivity contribution in [2.24, 2.45) is 0 Å². The molecule has 2 aromatic rings. The number of carbonyl (C=O) groups excluding carboxylic acids is 2. The summed E-state index contributed by atoms with van der Waals surface area (Å²) in [4.78, 5) is 29.3. The van der Waals surface area contributed by atoms with E-state index < -0.39 is 17.8 Å². The largest absolute Gasteiger partial charge is 0.491 e. The Bertz CT molecular complexity index is 921. The predicted octanol–water partition coefficient (Wildman–Crippen LogP) is 2.06. The minimum Gasteiger partial charge on any atom is -0.491 e. The number of hydrogen-bond donors (Lipinski definition) is 1. The van der Waals surface area contributed by atoms with Crippen molar-refractivity contribution in [1.82, 2.24) is 15.1 Å². The van der Waals surface area contributed by atoms with Crippen molar-refractivity contribution in [2.45, 2.75) is 25.6 Å². The molecule has 0 unspecified atom stereocenters. The minimum absolute atomic E-state index is 0.0102. The van der Waals surface area contributed by atoms with Crippen LogP contribution in [0.2, 0.25) is 0 Å². The highest BCUT2D eigenvalue weighted by Gasteiger charge is 2.32. The fourth-order valence-electron chi connectivity index (χ4n) is 3.49. The van der Waals surface area contributed by atoms with Crippen LogP contribution >= 0.6 is 0 Å². The number of para-hydroxylation sites is 2. The van der Waals surface area contributed by atoms with Gasteiger partial charge < -0.3 is 24.6 Å². The number of benzene rings is 2. The number of hydrogen-bond acceptors (Lipinski definition) is 5. The summed E-state index contributed by atoms with van der Waals surface area (Å²) in [5.74, 6) is -0.513. The second-order valence-corrected chi connectivity index (χ2v) is 7.81. The first kappa shape index (κ1) is 22.6. The molecule has 2 amide bonds. The molecule has 0 fully saturated rings. The summed E-state index contributed by atoms with van der Waals surface area (Å²) in [6.07, 6.45) is 0. The highest BCUT2D eigenvalue weighted by molar-refractivity contribution is 5.88. The molecule has 0 saturated heterocycles. The Morgan fingerprint density at radius 1 is 1.23 bits per heavy atom. The van der Waals surface area contributed by atoms with Crippen molar-refractivity contribution in [3.8, 4) is 11.5 Å². The van der Waals surface area contributed by atoms with Crippen molar-refractivity contribution in [2.75, 3.05) is 33.9 Å². The lowest BCUT2D eigenvalue weighted by molar-refractivity contribution is -0.139. The maximum absolute atomic E-state index is 13.6. The van der Waals surface area contributed by atoms with Gasteiger partial charge in [0.1, 0.15) is 18.4 Å². The summed E-state index contributed by atoms with van der Waals surface area (Å²) >= 11 is 0. The van der Waals surface area contributed by atoms with Crippen molar-refractivity contribution in [3.63, 3.8) is 0 Å². The van der Waals surface area contributed by atoms with Crippen LogP contribution in [0.25, 0.3) is 0 Å². The van der Waals surface area contributed by atoms with E-state index in [4.69, 9.17) is 9.47 Å². The molecule has 3 rings (SSSR count). The van der Waals surface area contributed by atoms with E-state index in [1.54, 1.807) is 17.9 Å². The molecule has 0 saturated carbocycles. The summed E-state index contributed by atoms with van der Waals surface area (Å²) < 4.78 is 24.8. The standard InChI is InChI=1S/C23H28FN3O4/c1-16(25-22(28)15-31-21-11-7-5-9-19(21)24)23(29)27-12-17-8-4-6-10-20(17)30-14-18(27)13-26(2)3/h4-11,16,18H,12-15H2,1-3H3,(H,25,28)/t16-,18-/m1/s1. The molecule has 0 aliphatic carbocycles. The number of rotatable bonds is 7. The molecule has 8 heteroatoms. The highest BCUT2D eigenvalue weighted by Crippen LogP contribution is 2.25. The zero-order chi connectivity index (χ0) is 22.4. The Morgan fingerprint density at radius 2 is 1.94 bits per heavy atom. The van der Waals surface area contributed by atoms with E-state index in [2.05, 4.69) is 5.32 Å². The molecule has 0 aromatic heterocycles. The third-order valence-electron chi connectivity index (χ3n) is 4.99. The zero-order valence-electron chi connectivity index (χ0n) is 18.0. The van der Waals surface area contributed by atoms with Crippen LogP contribution in [0.1, 0.15) is 12.5 Å². The van der Waals surface area contributed by atoms with Crippen LogP contribution in [-0.2, 0) is 16.1 Å². The maximum atomic E-state index is 13.6. The lowest BCUT2D eigenvalue weighted by Gasteiger charge is -2.33. The van der Waals surface area contributed by atoms with E-state index >= 15 is 0 Å². The first-order valence-corrected chi connectivity index (χ1v) is 10.2. The Hall–Kier alpha value is -3.13. The number of amides is 2. The molecular formula is C23H28FN3O4. The van der Waals surface area contributed by atoms with E-state index in [0.29, 0.717) is 19.7 Å². The van der Waals surface area contributed by atoms with E-state index in [9.17, 15) is 14.0 Å². The third kappa shape index (κ3) is 5.95. The van der Waals surface area contributed by atoms with Gasteiger partial charge in [-0.25, -0.2) is 4.39 Å². The lowest BCUT2D eigenvalue weighted by Crippen LogP contribution is -2.54. The average Bonchev–Trinajstić information content (AvgIpc) is 2.92. The van der Waals surface area contributed by atoms with Gasteiger partial charge in [-0.3, -0.25) is 9.59 Å². The van der Waals surface area contributed by atoms with Crippen LogP contribution in [0.5, 0.6) is 11.5 Å². The number of ether oxygens (including phenoxy) is 2. The number of nitrogens with one attached hydrogen (secondary N) is 1. The third-order valence-corrected chi connectivity index (χ3v) is 4.99. The molecule has 0 spiro atoms. The zero-order valence-corrected chi connectivity index (χ0v) is 18.0. The SMILES string of the molecule is C[C@@H](NC(=O)COc1ccccc1F)C(=O)N1Cc2ccccc2OC[C@H]1CN(C)C.